The van der Waals surface area contributed by atoms with Crippen LogP contribution in [-0.4, -0.2) is 30.6 Å². The van der Waals surface area contributed by atoms with E-state index in [0.29, 0.717) is 24.4 Å². The number of benzene rings is 1. The number of rotatable bonds is 7. The molecular weight excluding hydrogens is 298 g/mol. The molecule has 2 bridgehead atoms. The van der Waals surface area contributed by atoms with Crippen molar-refractivity contribution in [1.82, 2.24) is 10.6 Å². The maximum Gasteiger partial charge on any atom is 0.237 e. The molecule has 4 nitrogen and oxygen atoms in total. The minimum absolute atomic E-state index is 0.00813. The van der Waals surface area contributed by atoms with Crippen molar-refractivity contribution in [2.45, 2.75) is 64.1 Å². The summed E-state index contributed by atoms with van der Waals surface area (Å²) in [6, 6.07) is 9.28. The van der Waals surface area contributed by atoms with Crippen molar-refractivity contribution in [3.8, 4) is 0 Å². The standard InChI is InChI=1S/C20H31N3O/c1-13(2)9-14-3-5-15(6-4-14)10-18(12-21)23-20(24)19-16-7-8-17(11-16)22-19/h3-6,13,16-19,22H,7-12,21H2,1-2H3,(H,23,24)/t16?,17?,18-,19?/m0/s1. The Balaban J connectivity index is 1.53. The summed E-state index contributed by atoms with van der Waals surface area (Å²) < 4.78 is 0. The normalized spacial score (nSPS) is 26.8. The van der Waals surface area contributed by atoms with Gasteiger partial charge in [0.15, 0.2) is 0 Å². The Morgan fingerprint density at radius 2 is 1.88 bits per heavy atom. The third kappa shape index (κ3) is 4.17. The summed E-state index contributed by atoms with van der Waals surface area (Å²) in [7, 11) is 0. The maximum absolute atomic E-state index is 12.5. The number of hydrogen-bond acceptors (Lipinski definition) is 3. The predicted octanol–water partition coefficient (Wildman–Crippen LogP) is 2.01. The Kier molecular flexibility index (Phi) is 5.57. The lowest BCUT2D eigenvalue weighted by Gasteiger charge is -2.25. The van der Waals surface area contributed by atoms with Crippen LogP contribution in [0.3, 0.4) is 0 Å². The van der Waals surface area contributed by atoms with Crippen LogP contribution in [0.4, 0.5) is 0 Å². The van der Waals surface area contributed by atoms with E-state index in [-0.39, 0.29) is 18.0 Å². The van der Waals surface area contributed by atoms with Gasteiger partial charge in [-0.25, -0.2) is 0 Å². The number of nitrogens with two attached hydrogens (primary N) is 1. The molecule has 1 heterocycles. The van der Waals surface area contributed by atoms with Gasteiger partial charge in [-0.2, -0.15) is 0 Å². The third-order valence-electron chi connectivity index (χ3n) is 5.42. The molecule has 0 aromatic heterocycles. The summed E-state index contributed by atoms with van der Waals surface area (Å²) in [6.45, 7) is 4.94. The minimum Gasteiger partial charge on any atom is -0.350 e. The lowest BCUT2D eigenvalue weighted by molar-refractivity contribution is -0.124. The monoisotopic (exact) mass is 329 g/mol. The summed E-state index contributed by atoms with van der Waals surface area (Å²) in [6.07, 6.45) is 5.46. The second kappa shape index (κ2) is 7.66. The number of carbonyl (C=O) groups is 1. The summed E-state index contributed by atoms with van der Waals surface area (Å²) in [4.78, 5) is 12.5. The highest BCUT2D eigenvalue weighted by Crippen LogP contribution is 2.35. The smallest absolute Gasteiger partial charge is 0.237 e. The van der Waals surface area contributed by atoms with E-state index in [1.54, 1.807) is 0 Å². The van der Waals surface area contributed by atoms with Gasteiger partial charge in [-0.1, -0.05) is 38.1 Å². The van der Waals surface area contributed by atoms with Gasteiger partial charge in [0.2, 0.25) is 5.91 Å². The van der Waals surface area contributed by atoms with Crippen LogP contribution in [0.25, 0.3) is 0 Å². The number of carbonyl (C=O) groups excluding carboxylic acids is 1. The fourth-order valence-electron chi connectivity index (χ4n) is 4.20. The van der Waals surface area contributed by atoms with Crippen molar-refractivity contribution < 1.29 is 4.79 Å². The van der Waals surface area contributed by atoms with Crippen LogP contribution in [-0.2, 0) is 17.6 Å². The van der Waals surface area contributed by atoms with E-state index in [0.717, 1.165) is 19.3 Å². The van der Waals surface area contributed by atoms with Crippen LogP contribution >= 0.6 is 0 Å². The molecular formula is C20H31N3O. The van der Waals surface area contributed by atoms with E-state index in [1.165, 1.54) is 24.0 Å². The number of fused-ring (bicyclic) bond motifs is 2. The number of hydrogen-bond donors (Lipinski definition) is 3. The fraction of sp³-hybridized carbons (Fsp3) is 0.650. The zero-order chi connectivity index (χ0) is 17.1. The number of nitrogens with one attached hydrogen (secondary N) is 2. The molecule has 3 unspecified atom stereocenters. The zero-order valence-corrected chi connectivity index (χ0v) is 14.9. The Labute approximate surface area is 145 Å². The Morgan fingerprint density at radius 1 is 1.21 bits per heavy atom. The third-order valence-corrected chi connectivity index (χ3v) is 5.42. The molecule has 1 saturated carbocycles. The highest BCUT2D eigenvalue weighted by Gasteiger charge is 2.42. The van der Waals surface area contributed by atoms with E-state index in [1.807, 2.05) is 0 Å². The van der Waals surface area contributed by atoms with Crippen molar-refractivity contribution in [2.75, 3.05) is 6.54 Å². The molecule has 1 aliphatic carbocycles. The van der Waals surface area contributed by atoms with Crippen LogP contribution in [0.1, 0.15) is 44.2 Å². The summed E-state index contributed by atoms with van der Waals surface area (Å²) in [5.41, 5.74) is 8.51. The van der Waals surface area contributed by atoms with E-state index >= 15 is 0 Å². The summed E-state index contributed by atoms with van der Waals surface area (Å²) >= 11 is 0. The van der Waals surface area contributed by atoms with Crippen LogP contribution < -0.4 is 16.4 Å². The second-order valence-electron chi connectivity index (χ2n) is 7.97. The molecule has 24 heavy (non-hydrogen) atoms. The molecule has 132 valence electrons. The number of piperidine rings is 1. The zero-order valence-electron chi connectivity index (χ0n) is 14.9. The molecule has 1 aromatic rings. The first-order valence-electron chi connectivity index (χ1n) is 9.39. The van der Waals surface area contributed by atoms with E-state index in [2.05, 4.69) is 48.7 Å². The SMILES string of the molecule is CC(C)Cc1ccc(C[C@@H](CN)NC(=O)C2NC3CCC2C3)cc1. The molecule has 2 fully saturated rings. The Hall–Kier alpha value is -1.39. The number of amides is 1. The molecule has 4 N–H and O–H groups in total. The fourth-order valence-corrected chi connectivity index (χ4v) is 4.20. The average Bonchev–Trinajstić information content (AvgIpc) is 3.18. The Bertz CT molecular complexity index is 555. The first kappa shape index (κ1) is 17.4. The second-order valence-corrected chi connectivity index (χ2v) is 7.97. The first-order chi connectivity index (χ1) is 11.5. The molecule has 1 aromatic carbocycles. The van der Waals surface area contributed by atoms with Gasteiger partial charge in [-0.3, -0.25) is 4.79 Å². The van der Waals surface area contributed by atoms with E-state index in [4.69, 9.17) is 5.73 Å². The van der Waals surface area contributed by atoms with Crippen molar-refractivity contribution in [3.63, 3.8) is 0 Å². The molecule has 3 rings (SSSR count). The minimum atomic E-state index is -0.00813. The molecule has 2 aliphatic rings. The van der Waals surface area contributed by atoms with Crippen LogP contribution in [0.5, 0.6) is 0 Å². The predicted molar refractivity (Wildman–Crippen MR) is 97.7 cm³/mol. The van der Waals surface area contributed by atoms with Gasteiger partial charge in [0, 0.05) is 18.6 Å². The summed E-state index contributed by atoms with van der Waals surface area (Å²) in [5, 5.41) is 6.62. The lowest BCUT2D eigenvalue weighted by Crippen LogP contribution is -2.52. The Morgan fingerprint density at radius 3 is 2.38 bits per heavy atom. The largest absolute Gasteiger partial charge is 0.350 e. The van der Waals surface area contributed by atoms with Gasteiger partial charge in [0.25, 0.3) is 0 Å². The van der Waals surface area contributed by atoms with Crippen LogP contribution in [0.15, 0.2) is 24.3 Å². The van der Waals surface area contributed by atoms with Crippen molar-refractivity contribution in [2.24, 2.45) is 17.6 Å². The summed E-state index contributed by atoms with van der Waals surface area (Å²) in [5.74, 6) is 1.32. The van der Waals surface area contributed by atoms with Gasteiger partial charge >= 0.3 is 0 Å². The van der Waals surface area contributed by atoms with Crippen molar-refractivity contribution in [3.05, 3.63) is 35.4 Å². The van der Waals surface area contributed by atoms with E-state index in [9.17, 15) is 4.79 Å². The quantitative estimate of drug-likeness (QED) is 0.717. The molecule has 1 aliphatic heterocycles. The molecule has 0 spiro atoms. The van der Waals surface area contributed by atoms with Crippen molar-refractivity contribution in [1.29, 1.82) is 0 Å². The highest BCUT2D eigenvalue weighted by atomic mass is 16.2. The first-order valence-corrected chi connectivity index (χ1v) is 9.39. The van der Waals surface area contributed by atoms with Crippen LogP contribution in [0, 0.1) is 11.8 Å². The van der Waals surface area contributed by atoms with Gasteiger partial charge < -0.3 is 16.4 Å². The molecule has 0 radical (unpaired) electrons. The topological polar surface area (TPSA) is 67.1 Å². The van der Waals surface area contributed by atoms with Gasteiger partial charge in [0.05, 0.1) is 6.04 Å². The average molecular weight is 329 g/mol. The maximum atomic E-state index is 12.5. The lowest BCUT2D eigenvalue weighted by atomic mass is 9.97. The van der Waals surface area contributed by atoms with E-state index < -0.39 is 0 Å². The van der Waals surface area contributed by atoms with Crippen molar-refractivity contribution >= 4 is 5.91 Å². The molecule has 4 heteroatoms. The van der Waals surface area contributed by atoms with Gasteiger partial charge in [-0.15, -0.1) is 0 Å². The molecule has 1 amide bonds. The molecule has 4 atom stereocenters. The molecule has 1 saturated heterocycles. The van der Waals surface area contributed by atoms with Gasteiger partial charge in [-0.05, 0) is 55.1 Å². The van der Waals surface area contributed by atoms with Gasteiger partial charge in [0.1, 0.15) is 0 Å². The highest BCUT2D eigenvalue weighted by molar-refractivity contribution is 5.83. The van der Waals surface area contributed by atoms with Crippen LogP contribution in [0.2, 0.25) is 0 Å².